The largest absolute Gasteiger partial charge is 0.335 e. The summed E-state index contributed by atoms with van der Waals surface area (Å²) in [7, 11) is -3.44. The predicted molar refractivity (Wildman–Crippen MR) is 157 cm³/mol. The molecule has 7 rings (SSSR count). The highest BCUT2D eigenvalue weighted by molar-refractivity contribution is 7.88. The molecule has 0 bridgehead atoms. The minimum Gasteiger partial charge on any atom is -0.335 e. The number of rotatable bonds is 8. The van der Waals surface area contributed by atoms with Crippen LogP contribution in [-0.2, 0) is 23.1 Å². The number of benzene rings is 1. The number of hydrogen-bond donors (Lipinski definition) is 3. The molecule has 13 heteroatoms. The average Bonchev–Trinajstić information content (AvgIpc) is 3.57. The maximum Gasteiger partial charge on any atom is 0.209 e. The van der Waals surface area contributed by atoms with Crippen LogP contribution in [0.25, 0.3) is 55.8 Å². The van der Waals surface area contributed by atoms with E-state index in [0.29, 0.717) is 44.9 Å². The first kappa shape index (κ1) is 26.3. The van der Waals surface area contributed by atoms with Gasteiger partial charge in [-0.1, -0.05) is 0 Å². The summed E-state index contributed by atoms with van der Waals surface area (Å²) in [5, 5.41) is 8.27. The van der Waals surface area contributed by atoms with E-state index >= 15 is 0 Å². The number of fused-ring (bicyclic) bond motifs is 2. The van der Waals surface area contributed by atoms with E-state index in [4.69, 9.17) is 4.98 Å². The van der Waals surface area contributed by atoms with E-state index in [-0.39, 0.29) is 6.54 Å². The Kier molecular flexibility index (Phi) is 6.49. The molecule has 42 heavy (non-hydrogen) atoms. The fraction of sp³-hybridized carbons (Fsp3) is 0.207. The molecule has 1 fully saturated rings. The molecule has 0 spiro atoms. The van der Waals surface area contributed by atoms with Gasteiger partial charge in [0.15, 0.2) is 11.5 Å². The van der Waals surface area contributed by atoms with Gasteiger partial charge in [0.05, 0.1) is 28.9 Å². The summed E-state index contributed by atoms with van der Waals surface area (Å²) < 4.78 is 40.1. The summed E-state index contributed by atoms with van der Waals surface area (Å²) in [5.41, 5.74) is 7.06. The lowest BCUT2D eigenvalue weighted by Crippen LogP contribution is -2.36. The van der Waals surface area contributed by atoms with Gasteiger partial charge in [0.2, 0.25) is 10.0 Å². The average molecular weight is 584 g/mol. The molecule has 0 amide bonds. The highest BCUT2D eigenvalue weighted by Gasteiger charge is 2.18. The summed E-state index contributed by atoms with van der Waals surface area (Å²) >= 11 is 0. The van der Waals surface area contributed by atoms with Gasteiger partial charge in [0.25, 0.3) is 0 Å². The van der Waals surface area contributed by atoms with Gasteiger partial charge in [-0.05, 0) is 66.5 Å². The van der Waals surface area contributed by atoms with E-state index in [1.165, 1.54) is 18.6 Å². The molecule has 1 saturated heterocycles. The number of halogens is 1. The van der Waals surface area contributed by atoms with Crippen molar-refractivity contribution in [1.29, 1.82) is 0 Å². The molecular weight excluding hydrogens is 557 g/mol. The normalized spacial score (nSPS) is 14.0. The number of nitrogens with zero attached hydrogens (tertiary/aromatic N) is 6. The van der Waals surface area contributed by atoms with Crippen LogP contribution in [0.2, 0.25) is 0 Å². The number of likely N-dealkylation sites (tertiary alicyclic amines) is 1. The van der Waals surface area contributed by atoms with Gasteiger partial charge >= 0.3 is 0 Å². The maximum atomic E-state index is 14.6. The zero-order valence-corrected chi connectivity index (χ0v) is 23.4. The van der Waals surface area contributed by atoms with Crippen molar-refractivity contribution >= 4 is 32.1 Å². The third-order valence-corrected chi connectivity index (χ3v) is 7.99. The number of sulfonamides is 1. The van der Waals surface area contributed by atoms with E-state index < -0.39 is 15.8 Å². The molecular formula is C29H26FN9O2S. The Labute approximate surface area is 240 Å². The van der Waals surface area contributed by atoms with E-state index in [9.17, 15) is 12.8 Å². The SMILES string of the molecule is CS(=O)(=O)NCc1cc(F)cc(-c2cncc3[nH]c(-c4n[nH]c5ncc(-c6cncc(CN7CCC7)c6)cc45)nc23)c1. The van der Waals surface area contributed by atoms with Crippen molar-refractivity contribution in [2.45, 2.75) is 19.5 Å². The standard InChI is InChI=1S/C29H26FN9O2S/c1-42(40,41)34-11-17-5-19(8-22(30)7-17)24-14-32-15-25-26(24)36-29(35-25)27-23-9-21(13-33-28(23)38-37-27)20-6-18(10-31-12-20)16-39-3-2-4-39/h5-10,12-15,34H,2-4,11,16H2,1H3,(H,35,36)(H,33,37,38). The zero-order valence-electron chi connectivity index (χ0n) is 22.6. The molecule has 1 aromatic carbocycles. The number of pyridine rings is 3. The molecule has 0 unspecified atom stereocenters. The highest BCUT2D eigenvalue weighted by atomic mass is 32.2. The fourth-order valence-corrected chi connectivity index (χ4v) is 5.58. The van der Waals surface area contributed by atoms with Gasteiger partial charge in [-0.25, -0.2) is 27.5 Å². The fourth-order valence-electron chi connectivity index (χ4n) is 5.15. The molecule has 0 atom stereocenters. The van der Waals surface area contributed by atoms with Crippen molar-refractivity contribution in [3.05, 3.63) is 78.3 Å². The number of H-pyrrole nitrogens is 2. The number of hydrogen-bond acceptors (Lipinski definition) is 8. The van der Waals surface area contributed by atoms with E-state index in [0.717, 1.165) is 48.0 Å². The Hall–Kier alpha value is -4.59. The smallest absolute Gasteiger partial charge is 0.209 e. The Balaban J connectivity index is 1.25. The summed E-state index contributed by atoms with van der Waals surface area (Å²) in [6.07, 6.45) is 11.1. The van der Waals surface area contributed by atoms with Crippen LogP contribution in [0.1, 0.15) is 17.5 Å². The van der Waals surface area contributed by atoms with Crippen molar-refractivity contribution in [1.82, 2.24) is 44.7 Å². The Morgan fingerprint density at radius 2 is 1.76 bits per heavy atom. The molecule has 6 aromatic rings. The number of nitrogens with one attached hydrogen (secondary N) is 3. The monoisotopic (exact) mass is 583 g/mol. The first-order valence-electron chi connectivity index (χ1n) is 13.4. The lowest BCUT2D eigenvalue weighted by atomic mass is 10.0. The van der Waals surface area contributed by atoms with Crippen molar-refractivity contribution < 1.29 is 12.8 Å². The molecule has 3 N–H and O–H groups in total. The lowest BCUT2D eigenvalue weighted by Gasteiger charge is -2.30. The van der Waals surface area contributed by atoms with Crippen LogP contribution < -0.4 is 4.72 Å². The summed E-state index contributed by atoms with van der Waals surface area (Å²) in [6, 6.07) is 8.55. The van der Waals surface area contributed by atoms with Crippen molar-refractivity contribution in [3.8, 4) is 33.8 Å². The molecule has 1 aliphatic heterocycles. The summed E-state index contributed by atoms with van der Waals surface area (Å²) in [4.78, 5) is 23.9. The van der Waals surface area contributed by atoms with Crippen LogP contribution in [0.15, 0.2) is 61.3 Å². The maximum absolute atomic E-state index is 14.6. The van der Waals surface area contributed by atoms with Crippen molar-refractivity contribution in [2.75, 3.05) is 19.3 Å². The second kappa shape index (κ2) is 10.4. The van der Waals surface area contributed by atoms with Crippen LogP contribution in [0, 0.1) is 5.82 Å². The van der Waals surface area contributed by atoms with E-state index in [1.807, 2.05) is 18.5 Å². The minimum absolute atomic E-state index is 0.0376. The quantitative estimate of drug-likeness (QED) is 0.244. The van der Waals surface area contributed by atoms with Crippen LogP contribution in [0.4, 0.5) is 4.39 Å². The Morgan fingerprint density at radius 1 is 0.952 bits per heavy atom. The topological polar surface area (TPSA) is 145 Å². The minimum atomic E-state index is -3.44. The molecule has 212 valence electrons. The number of aromatic nitrogens is 7. The molecule has 0 saturated carbocycles. The third kappa shape index (κ3) is 5.24. The van der Waals surface area contributed by atoms with Crippen molar-refractivity contribution in [3.63, 3.8) is 0 Å². The van der Waals surface area contributed by atoms with Gasteiger partial charge < -0.3 is 4.98 Å². The zero-order chi connectivity index (χ0) is 28.8. The molecule has 0 aliphatic carbocycles. The molecule has 1 aliphatic rings. The van der Waals surface area contributed by atoms with Gasteiger partial charge in [-0.2, -0.15) is 5.10 Å². The summed E-state index contributed by atoms with van der Waals surface area (Å²) in [6.45, 7) is 3.07. The molecule has 5 aromatic heterocycles. The van der Waals surface area contributed by atoms with Crippen LogP contribution in [-0.4, -0.2) is 67.8 Å². The second-order valence-electron chi connectivity index (χ2n) is 10.5. The lowest BCUT2D eigenvalue weighted by molar-refractivity contribution is 0.172. The molecule has 11 nitrogen and oxygen atoms in total. The van der Waals surface area contributed by atoms with Crippen LogP contribution >= 0.6 is 0 Å². The predicted octanol–water partition coefficient (Wildman–Crippen LogP) is 4.02. The van der Waals surface area contributed by atoms with Crippen LogP contribution in [0.5, 0.6) is 0 Å². The Bertz CT molecular complexity index is 2070. The van der Waals surface area contributed by atoms with Crippen LogP contribution in [0.3, 0.4) is 0 Å². The number of aromatic amines is 2. The van der Waals surface area contributed by atoms with E-state index in [1.54, 1.807) is 24.7 Å². The van der Waals surface area contributed by atoms with Gasteiger partial charge in [-0.3, -0.25) is 20.0 Å². The highest BCUT2D eigenvalue weighted by Crippen LogP contribution is 2.33. The first-order valence-corrected chi connectivity index (χ1v) is 15.3. The van der Waals surface area contributed by atoms with Crippen molar-refractivity contribution in [2.24, 2.45) is 0 Å². The Morgan fingerprint density at radius 3 is 2.57 bits per heavy atom. The second-order valence-corrected chi connectivity index (χ2v) is 12.3. The molecule has 6 heterocycles. The van der Waals surface area contributed by atoms with Gasteiger partial charge in [0, 0.05) is 54.6 Å². The number of imidazole rings is 1. The van der Waals surface area contributed by atoms with Gasteiger partial charge in [0.1, 0.15) is 11.5 Å². The summed E-state index contributed by atoms with van der Waals surface area (Å²) in [5.74, 6) is 0.00961. The van der Waals surface area contributed by atoms with E-state index in [2.05, 4.69) is 45.8 Å². The third-order valence-electron chi connectivity index (χ3n) is 7.33. The molecule has 0 radical (unpaired) electrons. The first-order chi connectivity index (χ1) is 20.3. The van der Waals surface area contributed by atoms with Gasteiger partial charge in [-0.15, -0.1) is 0 Å².